The number of nitrogens with two attached hydrogens (primary N) is 1. The smallest absolute Gasteiger partial charge is 0.234 e. The number of hydrogen-bond donors (Lipinski definition) is 2. The van der Waals surface area contributed by atoms with Crippen molar-refractivity contribution in [2.45, 2.75) is 13.5 Å². The number of rotatable bonds is 7. The lowest BCUT2D eigenvalue weighted by Crippen LogP contribution is -2.29. The number of nitrogens with one attached hydrogen (secondary N) is 1. The molecule has 0 aliphatic heterocycles. The lowest BCUT2D eigenvalue weighted by atomic mass is 10.2. The van der Waals surface area contributed by atoms with Crippen molar-refractivity contribution in [2.75, 3.05) is 13.2 Å². The highest BCUT2D eigenvalue weighted by Crippen LogP contribution is 2.22. The van der Waals surface area contributed by atoms with Crippen molar-refractivity contribution >= 4 is 5.91 Å². The van der Waals surface area contributed by atoms with Crippen LogP contribution in [0.3, 0.4) is 0 Å². The molecule has 0 unspecified atom stereocenters. The Kier molecular flexibility index (Phi) is 5.73. The quantitative estimate of drug-likeness (QED) is 0.815. The van der Waals surface area contributed by atoms with Gasteiger partial charge in [-0.05, 0) is 42.8 Å². The van der Waals surface area contributed by atoms with Gasteiger partial charge < -0.3 is 20.5 Å². The standard InChI is InChI=1S/C16H19N3O3/c1-2-21-13-3-5-14(6-4-13)22-16-9-12(7-8-18-16)11-19-15(20)10-17/h3-9H,2,10-11,17H2,1H3,(H,19,20). The average Bonchev–Trinajstić information content (AvgIpc) is 2.55. The first-order valence-corrected chi connectivity index (χ1v) is 7.03. The molecule has 3 N–H and O–H groups in total. The number of benzene rings is 1. The first-order chi connectivity index (χ1) is 10.7. The largest absolute Gasteiger partial charge is 0.494 e. The van der Waals surface area contributed by atoms with Crippen LogP contribution in [-0.2, 0) is 11.3 Å². The monoisotopic (exact) mass is 301 g/mol. The third-order valence-electron chi connectivity index (χ3n) is 2.83. The third-order valence-corrected chi connectivity index (χ3v) is 2.83. The van der Waals surface area contributed by atoms with Crippen molar-refractivity contribution in [3.05, 3.63) is 48.2 Å². The summed E-state index contributed by atoms with van der Waals surface area (Å²) in [6, 6.07) is 10.9. The summed E-state index contributed by atoms with van der Waals surface area (Å²) >= 11 is 0. The van der Waals surface area contributed by atoms with Crippen LogP contribution in [0.1, 0.15) is 12.5 Å². The second kappa shape index (κ2) is 7.99. The first-order valence-electron chi connectivity index (χ1n) is 7.03. The van der Waals surface area contributed by atoms with Crippen LogP contribution in [0.2, 0.25) is 0 Å². The number of carbonyl (C=O) groups excluding carboxylic acids is 1. The van der Waals surface area contributed by atoms with E-state index in [2.05, 4.69) is 10.3 Å². The van der Waals surface area contributed by atoms with Gasteiger partial charge in [-0.25, -0.2) is 4.98 Å². The lowest BCUT2D eigenvalue weighted by molar-refractivity contribution is -0.119. The van der Waals surface area contributed by atoms with E-state index in [-0.39, 0.29) is 12.5 Å². The highest BCUT2D eigenvalue weighted by molar-refractivity contribution is 5.77. The summed E-state index contributed by atoms with van der Waals surface area (Å²) in [6.45, 7) is 2.92. The van der Waals surface area contributed by atoms with E-state index in [0.717, 1.165) is 11.3 Å². The minimum Gasteiger partial charge on any atom is -0.494 e. The number of nitrogens with zero attached hydrogens (tertiary/aromatic N) is 1. The Hall–Kier alpha value is -2.60. The summed E-state index contributed by atoms with van der Waals surface area (Å²) < 4.78 is 11.1. The number of hydrogen-bond acceptors (Lipinski definition) is 5. The summed E-state index contributed by atoms with van der Waals surface area (Å²) in [4.78, 5) is 15.3. The zero-order valence-electron chi connectivity index (χ0n) is 12.4. The number of ether oxygens (including phenoxy) is 2. The molecule has 22 heavy (non-hydrogen) atoms. The molecule has 116 valence electrons. The fraction of sp³-hybridized carbons (Fsp3) is 0.250. The van der Waals surface area contributed by atoms with Gasteiger partial charge in [0.05, 0.1) is 13.2 Å². The number of carbonyl (C=O) groups is 1. The second-order valence-electron chi connectivity index (χ2n) is 4.49. The summed E-state index contributed by atoms with van der Waals surface area (Å²) in [5.41, 5.74) is 6.13. The van der Waals surface area contributed by atoms with Crippen molar-refractivity contribution in [2.24, 2.45) is 5.73 Å². The molecular formula is C16H19N3O3. The number of aromatic nitrogens is 1. The molecule has 0 bridgehead atoms. The van der Waals surface area contributed by atoms with E-state index >= 15 is 0 Å². The van der Waals surface area contributed by atoms with Crippen molar-refractivity contribution in [1.82, 2.24) is 10.3 Å². The van der Waals surface area contributed by atoms with E-state index in [1.54, 1.807) is 12.3 Å². The van der Waals surface area contributed by atoms with Crippen LogP contribution in [0.4, 0.5) is 0 Å². The molecule has 2 rings (SSSR count). The highest BCUT2D eigenvalue weighted by atomic mass is 16.5. The summed E-state index contributed by atoms with van der Waals surface area (Å²) in [5, 5.41) is 2.70. The molecule has 1 aromatic heterocycles. The van der Waals surface area contributed by atoms with Crippen LogP contribution >= 0.6 is 0 Å². The van der Waals surface area contributed by atoms with Gasteiger partial charge in [0.2, 0.25) is 11.8 Å². The van der Waals surface area contributed by atoms with Crippen molar-refractivity contribution < 1.29 is 14.3 Å². The Morgan fingerprint density at radius 1 is 1.23 bits per heavy atom. The van der Waals surface area contributed by atoms with Crippen molar-refractivity contribution in [3.63, 3.8) is 0 Å². The zero-order valence-corrected chi connectivity index (χ0v) is 12.4. The van der Waals surface area contributed by atoms with E-state index in [1.807, 2.05) is 37.3 Å². The molecular weight excluding hydrogens is 282 g/mol. The predicted octanol–water partition coefficient (Wildman–Crippen LogP) is 1.85. The van der Waals surface area contributed by atoms with E-state index in [1.165, 1.54) is 0 Å². The van der Waals surface area contributed by atoms with Crippen LogP contribution in [0.5, 0.6) is 17.4 Å². The topological polar surface area (TPSA) is 86.5 Å². The molecule has 0 aliphatic rings. The van der Waals surface area contributed by atoms with E-state index < -0.39 is 0 Å². The Morgan fingerprint density at radius 3 is 2.64 bits per heavy atom. The van der Waals surface area contributed by atoms with Gasteiger partial charge in [0, 0.05) is 18.8 Å². The van der Waals surface area contributed by atoms with Crippen LogP contribution < -0.4 is 20.5 Å². The summed E-state index contributed by atoms with van der Waals surface area (Å²) in [7, 11) is 0. The normalized spacial score (nSPS) is 10.1. The van der Waals surface area contributed by atoms with Gasteiger partial charge in [-0.3, -0.25) is 4.79 Å². The molecule has 6 heteroatoms. The average molecular weight is 301 g/mol. The van der Waals surface area contributed by atoms with Crippen LogP contribution in [0.25, 0.3) is 0 Å². The van der Waals surface area contributed by atoms with Crippen LogP contribution in [0, 0.1) is 0 Å². The molecule has 0 aliphatic carbocycles. The van der Waals surface area contributed by atoms with Gasteiger partial charge in [0.25, 0.3) is 0 Å². The van der Waals surface area contributed by atoms with Gasteiger partial charge in [-0.1, -0.05) is 0 Å². The van der Waals surface area contributed by atoms with Gasteiger partial charge in [0.1, 0.15) is 11.5 Å². The molecule has 0 atom stereocenters. The number of pyridine rings is 1. The number of amides is 1. The Morgan fingerprint density at radius 2 is 1.95 bits per heavy atom. The molecule has 1 amide bonds. The Labute approximate surface area is 129 Å². The molecule has 2 aromatic rings. The van der Waals surface area contributed by atoms with Crippen LogP contribution in [-0.4, -0.2) is 24.0 Å². The minimum absolute atomic E-state index is 0.0272. The van der Waals surface area contributed by atoms with Gasteiger partial charge in [0.15, 0.2) is 0 Å². The molecule has 0 saturated heterocycles. The summed E-state index contributed by atoms with van der Waals surface area (Å²) in [6.07, 6.45) is 1.63. The molecule has 1 aromatic carbocycles. The lowest BCUT2D eigenvalue weighted by Gasteiger charge is -2.08. The summed E-state index contributed by atoms with van der Waals surface area (Å²) in [5.74, 6) is 1.72. The van der Waals surface area contributed by atoms with E-state index in [9.17, 15) is 4.79 Å². The molecule has 0 fully saturated rings. The zero-order chi connectivity index (χ0) is 15.8. The Balaban J connectivity index is 1.98. The molecule has 0 spiro atoms. The van der Waals surface area contributed by atoms with Gasteiger partial charge in [-0.15, -0.1) is 0 Å². The highest BCUT2D eigenvalue weighted by Gasteiger charge is 2.03. The Bertz CT molecular complexity index is 614. The van der Waals surface area contributed by atoms with E-state index in [0.29, 0.717) is 24.8 Å². The maximum atomic E-state index is 11.2. The van der Waals surface area contributed by atoms with Crippen molar-refractivity contribution in [3.8, 4) is 17.4 Å². The molecule has 0 saturated carbocycles. The fourth-order valence-electron chi connectivity index (χ4n) is 1.78. The molecule has 0 radical (unpaired) electrons. The van der Waals surface area contributed by atoms with E-state index in [4.69, 9.17) is 15.2 Å². The van der Waals surface area contributed by atoms with Gasteiger partial charge >= 0.3 is 0 Å². The van der Waals surface area contributed by atoms with Crippen molar-refractivity contribution in [1.29, 1.82) is 0 Å². The minimum atomic E-state index is -0.203. The molecule has 6 nitrogen and oxygen atoms in total. The fourth-order valence-corrected chi connectivity index (χ4v) is 1.78. The predicted molar refractivity (Wildman–Crippen MR) is 82.8 cm³/mol. The second-order valence-corrected chi connectivity index (χ2v) is 4.49. The third kappa shape index (κ3) is 4.75. The molecule has 1 heterocycles. The maximum absolute atomic E-state index is 11.2. The maximum Gasteiger partial charge on any atom is 0.234 e. The van der Waals surface area contributed by atoms with Gasteiger partial charge in [-0.2, -0.15) is 0 Å². The first kappa shape index (κ1) is 15.8. The SMILES string of the molecule is CCOc1ccc(Oc2cc(CNC(=O)CN)ccn2)cc1. The van der Waals surface area contributed by atoms with Crippen LogP contribution in [0.15, 0.2) is 42.6 Å².